The quantitative estimate of drug-likeness (QED) is 0.669. The van der Waals surface area contributed by atoms with Gasteiger partial charge in [0, 0.05) is 18.8 Å². The highest BCUT2D eigenvalue weighted by Gasteiger charge is 1.98. The van der Waals surface area contributed by atoms with Gasteiger partial charge in [-0.05, 0) is 19.0 Å². The normalized spacial score (nSPS) is 10.5. The zero-order valence-electron chi connectivity index (χ0n) is 11.0. The van der Waals surface area contributed by atoms with Gasteiger partial charge in [0.05, 0.1) is 12.3 Å². The molecule has 0 unspecified atom stereocenters. The van der Waals surface area contributed by atoms with E-state index in [1.54, 1.807) is 0 Å². The lowest BCUT2D eigenvalue weighted by Gasteiger charge is -2.07. The van der Waals surface area contributed by atoms with Crippen LogP contribution in [0.5, 0.6) is 5.75 Å². The van der Waals surface area contributed by atoms with Crippen LogP contribution in [0.4, 0.5) is 0 Å². The SMILES string of the molecule is CCCCCCOc1ccnc(CNCC)c1. The molecule has 0 spiro atoms. The van der Waals surface area contributed by atoms with Crippen molar-refractivity contribution < 1.29 is 4.74 Å². The first-order valence-corrected chi connectivity index (χ1v) is 6.65. The zero-order chi connectivity index (χ0) is 12.3. The van der Waals surface area contributed by atoms with Gasteiger partial charge in [0.1, 0.15) is 5.75 Å². The summed E-state index contributed by atoms with van der Waals surface area (Å²) in [6.07, 6.45) is 6.77. The van der Waals surface area contributed by atoms with Gasteiger partial charge in [0.2, 0.25) is 0 Å². The monoisotopic (exact) mass is 236 g/mol. The second-order valence-electron chi connectivity index (χ2n) is 4.17. The number of nitrogens with one attached hydrogen (secondary N) is 1. The Morgan fingerprint density at radius 2 is 2.12 bits per heavy atom. The fourth-order valence-corrected chi connectivity index (χ4v) is 1.61. The third-order valence-electron chi connectivity index (χ3n) is 2.61. The fourth-order valence-electron chi connectivity index (χ4n) is 1.61. The van der Waals surface area contributed by atoms with E-state index in [4.69, 9.17) is 4.74 Å². The molecule has 1 aromatic heterocycles. The highest BCUT2D eigenvalue weighted by atomic mass is 16.5. The Kier molecular flexibility index (Phi) is 7.39. The van der Waals surface area contributed by atoms with Gasteiger partial charge in [-0.25, -0.2) is 0 Å². The topological polar surface area (TPSA) is 34.1 Å². The highest BCUT2D eigenvalue weighted by molar-refractivity contribution is 5.22. The van der Waals surface area contributed by atoms with E-state index >= 15 is 0 Å². The van der Waals surface area contributed by atoms with Crippen molar-refractivity contribution in [3.05, 3.63) is 24.0 Å². The van der Waals surface area contributed by atoms with Crippen LogP contribution in [0.1, 0.15) is 45.2 Å². The van der Waals surface area contributed by atoms with E-state index in [1.807, 2.05) is 18.3 Å². The summed E-state index contributed by atoms with van der Waals surface area (Å²) in [5, 5.41) is 3.26. The standard InChI is InChI=1S/C14H24N2O/c1-3-5-6-7-10-17-14-8-9-16-13(11-14)12-15-4-2/h8-9,11,15H,3-7,10,12H2,1-2H3. The van der Waals surface area contributed by atoms with Gasteiger partial charge >= 0.3 is 0 Å². The van der Waals surface area contributed by atoms with E-state index in [0.717, 1.165) is 37.6 Å². The second kappa shape index (κ2) is 8.99. The molecule has 0 saturated carbocycles. The van der Waals surface area contributed by atoms with Crippen molar-refractivity contribution >= 4 is 0 Å². The Morgan fingerprint density at radius 3 is 2.88 bits per heavy atom. The molecule has 96 valence electrons. The number of hydrogen-bond donors (Lipinski definition) is 1. The molecule has 0 saturated heterocycles. The largest absolute Gasteiger partial charge is 0.493 e. The third kappa shape index (κ3) is 6.27. The van der Waals surface area contributed by atoms with Crippen LogP contribution in [0.2, 0.25) is 0 Å². The fraction of sp³-hybridized carbons (Fsp3) is 0.643. The summed E-state index contributed by atoms with van der Waals surface area (Å²) in [6.45, 7) is 6.89. The first-order valence-electron chi connectivity index (χ1n) is 6.65. The first-order chi connectivity index (χ1) is 8.36. The lowest BCUT2D eigenvalue weighted by molar-refractivity contribution is 0.304. The van der Waals surface area contributed by atoms with Crippen molar-refractivity contribution in [1.29, 1.82) is 0 Å². The molecule has 0 aliphatic rings. The van der Waals surface area contributed by atoms with Crippen molar-refractivity contribution in [3.8, 4) is 5.75 Å². The molecular weight excluding hydrogens is 212 g/mol. The van der Waals surface area contributed by atoms with Gasteiger partial charge < -0.3 is 10.1 Å². The van der Waals surface area contributed by atoms with E-state index in [2.05, 4.69) is 24.1 Å². The maximum atomic E-state index is 5.71. The molecule has 0 radical (unpaired) electrons. The summed E-state index contributed by atoms with van der Waals surface area (Å²) in [5.74, 6) is 0.935. The number of hydrogen-bond acceptors (Lipinski definition) is 3. The third-order valence-corrected chi connectivity index (χ3v) is 2.61. The van der Waals surface area contributed by atoms with Crippen molar-refractivity contribution in [2.45, 2.75) is 46.1 Å². The highest BCUT2D eigenvalue weighted by Crippen LogP contribution is 2.11. The predicted octanol–water partition coefficient (Wildman–Crippen LogP) is 3.15. The molecule has 0 amide bonds. The molecule has 1 rings (SSSR count). The maximum Gasteiger partial charge on any atom is 0.122 e. The van der Waals surface area contributed by atoms with Crippen LogP contribution in [0.3, 0.4) is 0 Å². The number of rotatable bonds is 9. The van der Waals surface area contributed by atoms with E-state index in [-0.39, 0.29) is 0 Å². The molecule has 0 aromatic carbocycles. The van der Waals surface area contributed by atoms with E-state index in [1.165, 1.54) is 19.3 Å². The Labute approximate surface area is 105 Å². The summed E-state index contributed by atoms with van der Waals surface area (Å²) < 4.78 is 5.71. The average Bonchev–Trinajstić information content (AvgIpc) is 2.37. The molecule has 3 nitrogen and oxygen atoms in total. The van der Waals surface area contributed by atoms with Crippen LogP contribution in [-0.2, 0) is 6.54 Å². The molecule has 0 atom stereocenters. The molecule has 1 aromatic rings. The van der Waals surface area contributed by atoms with Crippen LogP contribution in [-0.4, -0.2) is 18.1 Å². The minimum absolute atomic E-state index is 0.809. The predicted molar refractivity (Wildman–Crippen MR) is 71.3 cm³/mol. The van der Waals surface area contributed by atoms with Gasteiger partial charge in [-0.15, -0.1) is 0 Å². The van der Waals surface area contributed by atoms with Crippen molar-refractivity contribution in [2.75, 3.05) is 13.2 Å². The Balaban J connectivity index is 2.27. The zero-order valence-corrected chi connectivity index (χ0v) is 11.0. The smallest absolute Gasteiger partial charge is 0.122 e. The van der Waals surface area contributed by atoms with Crippen molar-refractivity contribution in [1.82, 2.24) is 10.3 Å². The van der Waals surface area contributed by atoms with Crippen LogP contribution in [0.25, 0.3) is 0 Å². The summed E-state index contributed by atoms with van der Waals surface area (Å²) in [6, 6.07) is 3.94. The number of pyridine rings is 1. The molecule has 1 heterocycles. The summed E-state index contributed by atoms with van der Waals surface area (Å²) in [5.41, 5.74) is 1.04. The van der Waals surface area contributed by atoms with Gasteiger partial charge in [0.15, 0.2) is 0 Å². The minimum atomic E-state index is 0.809. The van der Waals surface area contributed by atoms with Crippen LogP contribution in [0.15, 0.2) is 18.3 Å². The number of unbranched alkanes of at least 4 members (excludes halogenated alkanes) is 3. The molecule has 0 bridgehead atoms. The van der Waals surface area contributed by atoms with E-state index in [9.17, 15) is 0 Å². The number of ether oxygens (including phenoxy) is 1. The average molecular weight is 236 g/mol. The summed E-state index contributed by atoms with van der Waals surface area (Å²) in [7, 11) is 0. The number of nitrogens with zero attached hydrogens (tertiary/aromatic N) is 1. The molecular formula is C14H24N2O. The lowest BCUT2D eigenvalue weighted by atomic mass is 10.2. The second-order valence-corrected chi connectivity index (χ2v) is 4.17. The van der Waals surface area contributed by atoms with Gasteiger partial charge in [-0.1, -0.05) is 33.1 Å². The lowest BCUT2D eigenvalue weighted by Crippen LogP contribution is -2.12. The van der Waals surface area contributed by atoms with Gasteiger partial charge in [-0.3, -0.25) is 4.98 Å². The molecule has 0 fully saturated rings. The Hall–Kier alpha value is -1.09. The molecule has 17 heavy (non-hydrogen) atoms. The maximum absolute atomic E-state index is 5.71. The molecule has 0 aliphatic carbocycles. The van der Waals surface area contributed by atoms with Gasteiger partial charge in [0.25, 0.3) is 0 Å². The Morgan fingerprint density at radius 1 is 1.24 bits per heavy atom. The van der Waals surface area contributed by atoms with Crippen molar-refractivity contribution in [3.63, 3.8) is 0 Å². The van der Waals surface area contributed by atoms with Crippen LogP contribution >= 0.6 is 0 Å². The van der Waals surface area contributed by atoms with E-state index < -0.39 is 0 Å². The summed E-state index contributed by atoms with van der Waals surface area (Å²) in [4.78, 5) is 4.29. The van der Waals surface area contributed by atoms with E-state index in [0.29, 0.717) is 0 Å². The minimum Gasteiger partial charge on any atom is -0.493 e. The van der Waals surface area contributed by atoms with Crippen LogP contribution in [0, 0.1) is 0 Å². The van der Waals surface area contributed by atoms with Crippen LogP contribution < -0.4 is 10.1 Å². The molecule has 3 heteroatoms. The summed E-state index contributed by atoms with van der Waals surface area (Å²) >= 11 is 0. The molecule has 1 N–H and O–H groups in total. The van der Waals surface area contributed by atoms with Gasteiger partial charge in [-0.2, -0.15) is 0 Å². The van der Waals surface area contributed by atoms with Crippen molar-refractivity contribution in [2.24, 2.45) is 0 Å². The molecule has 0 aliphatic heterocycles. The first kappa shape index (κ1) is 14.0. The Bertz CT molecular complexity index is 302. The number of aromatic nitrogens is 1.